The number of nitrogens with zero attached hydrogens (tertiary/aromatic N) is 4. The topological polar surface area (TPSA) is 72.7 Å². The number of likely N-dealkylation sites (N-methyl/N-ethyl adjacent to an activating group) is 1. The van der Waals surface area contributed by atoms with E-state index in [1.54, 1.807) is 12.1 Å². The first kappa shape index (κ1) is 11.2. The van der Waals surface area contributed by atoms with Crippen LogP contribution in [0.1, 0.15) is 0 Å². The molecule has 0 bridgehead atoms. The molecule has 1 N–H and O–H groups in total. The molecule has 7 heteroatoms. The van der Waals surface area contributed by atoms with E-state index in [1.165, 1.54) is 24.0 Å². The third-order valence-electron chi connectivity index (χ3n) is 2.12. The minimum Gasteiger partial charge on any atom is -0.358 e. The molecule has 0 fully saturated rings. The maximum atomic E-state index is 12.7. The Morgan fingerprint density at radius 1 is 1.41 bits per heavy atom. The molecule has 0 saturated heterocycles. The van der Waals surface area contributed by atoms with Crippen molar-refractivity contribution in [2.75, 3.05) is 7.05 Å². The van der Waals surface area contributed by atoms with Crippen LogP contribution in [0.15, 0.2) is 24.3 Å². The summed E-state index contributed by atoms with van der Waals surface area (Å²) >= 11 is 0. The van der Waals surface area contributed by atoms with E-state index in [1.807, 2.05) is 0 Å². The van der Waals surface area contributed by atoms with Crippen LogP contribution in [0.3, 0.4) is 0 Å². The van der Waals surface area contributed by atoms with Crippen LogP contribution in [0, 0.1) is 5.82 Å². The maximum absolute atomic E-state index is 12.7. The standard InChI is InChI=1S/C10H10FN5O/c1-12-9(17)6-16-14-10(13-15-16)7-2-4-8(11)5-3-7/h2-5H,6H2,1H3,(H,12,17). The van der Waals surface area contributed by atoms with Crippen molar-refractivity contribution in [3.8, 4) is 11.4 Å². The molecule has 1 amide bonds. The van der Waals surface area contributed by atoms with Crippen molar-refractivity contribution in [2.45, 2.75) is 6.54 Å². The van der Waals surface area contributed by atoms with Crippen LogP contribution in [0.2, 0.25) is 0 Å². The smallest absolute Gasteiger partial charge is 0.243 e. The SMILES string of the molecule is CNC(=O)Cn1nnc(-c2ccc(F)cc2)n1. The number of carbonyl (C=O) groups is 1. The lowest BCUT2D eigenvalue weighted by molar-refractivity contribution is -0.121. The minimum atomic E-state index is -0.327. The first-order valence-corrected chi connectivity index (χ1v) is 4.93. The van der Waals surface area contributed by atoms with Crippen LogP contribution in [0.25, 0.3) is 11.4 Å². The summed E-state index contributed by atoms with van der Waals surface area (Å²) in [7, 11) is 1.53. The molecule has 1 heterocycles. The van der Waals surface area contributed by atoms with Gasteiger partial charge in [0.1, 0.15) is 12.4 Å². The van der Waals surface area contributed by atoms with E-state index in [-0.39, 0.29) is 18.3 Å². The highest BCUT2D eigenvalue weighted by molar-refractivity contribution is 5.75. The summed E-state index contributed by atoms with van der Waals surface area (Å²) in [6.45, 7) is 0.00466. The summed E-state index contributed by atoms with van der Waals surface area (Å²) in [5, 5.41) is 14.0. The van der Waals surface area contributed by atoms with E-state index in [2.05, 4.69) is 20.7 Å². The molecule has 0 atom stereocenters. The second kappa shape index (κ2) is 4.69. The number of amides is 1. The van der Waals surface area contributed by atoms with E-state index in [0.717, 1.165) is 0 Å². The van der Waals surface area contributed by atoms with Gasteiger partial charge in [-0.2, -0.15) is 4.80 Å². The van der Waals surface area contributed by atoms with Gasteiger partial charge in [-0.05, 0) is 29.5 Å². The zero-order valence-electron chi connectivity index (χ0n) is 9.09. The fourth-order valence-corrected chi connectivity index (χ4v) is 1.23. The van der Waals surface area contributed by atoms with Crippen molar-refractivity contribution in [3.05, 3.63) is 30.1 Å². The number of hydrogen-bond acceptors (Lipinski definition) is 4. The van der Waals surface area contributed by atoms with Crippen LogP contribution in [-0.2, 0) is 11.3 Å². The van der Waals surface area contributed by atoms with Gasteiger partial charge in [0.2, 0.25) is 11.7 Å². The van der Waals surface area contributed by atoms with Gasteiger partial charge < -0.3 is 5.32 Å². The van der Waals surface area contributed by atoms with Crippen molar-refractivity contribution in [1.82, 2.24) is 25.5 Å². The summed E-state index contributed by atoms with van der Waals surface area (Å²) in [5.41, 5.74) is 0.648. The van der Waals surface area contributed by atoms with Crippen molar-refractivity contribution in [1.29, 1.82) is 0 Å². The maximum Gasteiger partial charge on any atom is 0.243 e. The Morgan fingerprint density at radius 2 is 2.12 bits per heavy atom. The first-order valence-electron chi connectivity index (χ1n) is 4.93. The molecule has 2 rings (SSSR count). The minimum absolute atomic E-state index is 0.00466. The number of aromatic nitrogens is 4. The molecule has 0 aliphatic rings. The number of carbonyl (C=O) groups excluding carboxylic acids is 1. The van der Waals surface area contributed by atoms with Crippen LogP contribution >= 0.6 is 0 Å². The Bertz CT molecular complexity index is 522. The lowest BCUT2D eigenvalue weighted by Gasteiger charge is -1.96. The van der Waals surface area contributed by atoms with Crippen molar-refractivity contribution >= 4 is 5.91 Å². The summed E-state index contributed by atoms with van der Waals surface area (Å²) in [6.07, 6.45) is 0. The highest BCUT2D eigenvalue weighted by atomic mass is 19.1. The average molecular weight is 235 g/mol. The number of benzene rings is 1. The van der Waals surface area contributed by atoms with Gasteiger partial charge in [-0.1, -0.05) is 0 Å². The van der Waals surface area contributed by atoms with Gasteiger partial charge in [-0.25, -0.2) is 4.39 Å². The zero-order valence-corrected chi connectivity index (χ0v) is 9.09. The molecular weight excluding hydrogens is 225 g/mol. The molecule has 88 valence electrons. The highest BCUT2D eigenvalue weighted by Gasteiger charge is 2.08. The van der Waals surface area contributed by atoms with Crippen LogP contribution < -0.4 is 5.32 Å². The molecule has 0 saturated carbocycles. The van der Waals surface area contributed by atoms with Gasteiger partial charge in [0, 0.05) is 12.6 Å². The molecule has 6 nitrogen and oxygen atoms in total. The van der Waals surface area contributed by atoms with E-state index in [9.17, 15) is 9.18 Å². The summed E-state index contributed by atoms with van der Waals surface area (Å²) in [6, 6.07) is 5.73. The lowest BCUT2D eigenvalue weighted by Crippen LogP contribution is -2.24. The Labute approximate surface area is 96.4 Å². The Kier molecular flexibility index (Phi) is 3.08. The van der Waals surface area contributed by atoms with E-state index in [4.69, 9.17) is 0 Å². The monoisotopic (exact) mass is 235 g/mol. The Morgan fingerprint density at radius 3 is 2.76 bits per heavy atom. The fraction of sp³-hybridized carbons (Fsp3) is 0.200. The number of halogens is 1. The van der Waals surface area contributed by atoms with Crippen LogP contribution in [0.4, 0.5) is 4.39 Å². The Hall–Kier alpha value is -2.31. The molecule has 1 aromatic carbocycles. The lowest BCUT2D eigenvalue weighted by atomic mass is 10.2. The van der Waals surface area contributed by atoms with Gasteiger partial charge in [0.25, 0.3) is 0 Å². The molecule has 0 unspecified atom stereocenters. The number of nitrogens with one attached hydrogen (secondary N) is 1. The quantitative estimate of drug-likeness (QED) is 0.826. The van der Waals surface area contributed by atoms with Gasteiger partial charge in [0.05, 0.1) is 0 Å². The second-order valence-corrected chi connectivity index (χ2v) is 3.32. The summed E-state index contributed by atoms with van der Waals surface area (Å²) in [4.78, 5) is 12.3. The fourth-order valence-electron chi connectivity index (χ4n) is 1.23. The molecular formula is C10H10FN5O. The molecule has 2 aromatic rings. The van der Waals surface area contributed by atoms with Crippen molar-refractivity contribution in [3.63, 3.8) is 0 Å². The van der Waals surface area contributed by atoms with E-state index >= 15 is 0 Å². The normalized spacial score (nSPS) is 10.2. The summed E-state index contributed by atoms with van der Waals surface area (Å²) in [5.74, 6) is -0.187. The van der Waals surface area contributed by atoms with Gasteiger partial charge in [0.15, 0.2) is 0 Å². The van der Waals surface area contributed by atoms with Gasteiger partial charge >= 0.3 is 0 Å². The molecule has 0 aliphatic heterocycles. The number of rotatable bonds is 3. The largest absolute Gasteiger partial charge is 0.358 e. The third kappa shape index (κ3) is 2.63. The molecule has 1 aromatic heterocycles. The van der Waals surface area contributed by atoms with Crippen LogP contribution in [0.5, 0.6) is 0 Å². The average Bonchev–Trinajstić information content (AvgIpc) is 2.78. The third-order valence-corrected chi connectivity index (χ3v) is 2.12. The summed E-state index contributed by atoms with van der Waals surface area (Å²) < 4.78 is 12.7. The van der Waals surface area contributed by atoms with Crippen molar-refractivity contribution < 1.29 is 9.18 Å². The van der Waals surface area contributed by atoms with Gasteiger partial charge in [-0.3, -0.25) is 4.79 Å². The van der Waals surface area contributed by atoms with Crippen molar-refractivity contribution in [2.24, 2.45) is 0 Å². The van der Waals surface area contributed by atoms with E-state index < -0.39 is 0 Å². The predicted octanol–water partition coefficient (Wildman–Crippen LogP) is 0.225. The van der Waals surface area contributed by atoms with E-state index in [0.29, 0.717) is 11.4 Å². The molecule has 17 heavy (non-hydrogen) atoms. The van der Waals surface area contributed by atoms with Gasteiger partial charge in [-0.15, -0.1) is 10.2 Å². The molecule has 0 aliphatic carbocycles. The highest BCUT2D eigenvalue weighted by Crippen LogP contribution is 2.13. The molecule has 0 radical (unpaired) electrons. The first-order chi connectivity index (χ1) is 8.19. The Balaban J connectivity index is 2.18. The second-order valence-electron chi connectivity index (χ2n) is 3.32. The number of tetrazole rings is 1. The predicted molar refractivity (Wildman–Crippen MR) is 57.3 cm³/mol. The zero-order chi connectivity index (χ0) is 12.3. The number of hydrogen-bond donors (Lipinski definition) is 1. The van der Waals surface area contributed by atoms with Crippen LogP contribution in [-0.4, -0.2) is 33.2 Å². The molecule has 0 spiro atoms.